The van der Waals surface area contributed by atoms with Crippen molar-refractivity contribution in [3.63, 3.8) is 0 Å². The number of nitrogens with one attached hydrogen (secondary N) is 1. The van der Waals surface area contributed by atoms with Gasteiger partial charge >= 0.3 is 0 Å². The van der Waals surface area contributed by atoms with Gasteiger partial charge in [0.1, 0.15) is 17.9 Å². The van der Waals surface area contributed by atoms with Crippen molar-refractivity contribution in [2.75, 3.05) is 0 Å². The maximum absolute atomic E-state index is 12.7. The molecule has 0 spiro atoms. The molecule has 1 N–H and O–H groups in total. The molecule has 3 aromatic heterocycles. The van der Waals surface area contributed by atoms with E-state index in [2.05, 4.69) is 22.2 Å². The number of rotatable bonds is 7. The Labute approximate surface area is 205 Å². The van der Waals surface area contributed by atoms with Gasteiger partial charge in [0.05, 0.1) is 24.3 Å². The van der Waals surface area contributed by atoms with Crippen LogP contribution in [0.3, 0.4) is 0 Å². The molecule has 1 amide bonds. The van der Waals surface area contributed by atoms with Crippen molar-refractivity contribution in [1.29, 1.82) is 0 Å². The molecule has 0 bridgehead atoms. The Bertz CT molecular complexity index is 1330. The van der Waals surface area contributed by atoms with Crippen molar-refractivity contribution in [1.82, 2.24) is 24.8 Å². The Morgan fingerprint density at radius 3 is 2.80 bits per heavy atom. The summed E-state index contributed by atoms with van der Waals surface area (Å²) in [6.45, 7) is 4.79. The van der Waals surface area contributed by atoms with E-state index in [9.17, 15) is 4.79 Å². The molecule has 5 rings (SSSR count). The topological polar surface area (TPSA) is 81.9 Å². The normalized spacial score (nSPS) is 14.2. The molecular weight excluding hydrogens is 438 g/mol. The quantitative estimate of drug-likeness (QED) is 0.402. The summed E-state index contributed by atoms with van der Waals surface area (Å²) >= 11 is 0. The Balaban J connectivity index is 1.37. The first-order chi connectivity index (χ1) is 17.1. The smallest absolute Gasteiger partial charge is 0.223 e. The van der Waals surface area contributed by atoms with Crippen LogP contribution < -0.4 is 10.1 Å². The molecule has 35 heavy (non-hydrogen) atoms. The summed E-state index contributed by atoms with van der Waals surface area (Å²) in [5.74, 6) is 0.983. The van der Waals surface area contributed by atoms with Gasteiger partial charge in [0.15, 0.2) is 0 Å². The van der Waals surface area contributed by atoms with E-state index in [1.165, 1.54) is 6.42 Å². The average Bonchev–Trinajstić information content (AvgIpc) is 3.42. The van der Waals surface area contributed by atoms with Gasteiger partial charge in [0.2, 0.25) is 5.91 Å². The van der Waals surface area contributed by atoms with Gasteiger partial charge in [0.25, 0.3) is 0 Å². The monoisotopic (exact) mass is 469 g/mol. The predicted octanol–water partition coefficient (Wildman–Crippen LogP) is 5.21. The Morgan fingerprint density at radius 1 is 1.14 bits per heavy atom. The van der Waals surface area contributed by atoms with Gasteiger partial charge in [-0.05, 0) is 50.5 Å². The lowest BCUT2D eigenvalue weighted by molar-refractivity contribution is -0.126. The largest absolute Gasteiger partial charge is 0.487 e. The average molecular weight is 470 g/mol. The second-order valence-corrected chi connectivity index (χ2v) is 9.30. The van der Waals surface area contributed by atoms with Crippen LogP contribution in [0.25, 0.3) is 16.6 Å². The molecule has 0 saturated heterocycles. The van der Waals surface area contributed by atoms with Crippen LogP contribution in [0.2, 0.25) is 0 Å². The van der Waals surface area contributed by atoms with Gasteiger partial charge in [-0.1, -0.05) is 31.4 Å². The van der Waals surface area contributed by atoms with Crippen LogP contribution in [-0.4, -0.2) is 25.4 Å². The number of amides is 1. The summed E-state index contributed by atoms with van der Waals surface area (Å²) in [5.41, 5.74) is 5.66. The number of fused-ring (bicyclic) bond motifs is 1. The van der Waals surface area contributed by atoms with E-state index in [0.717, 1.165) is 64.8 Å². The zero-order valence-electron chi connectivity index (χ0n) is 20.3. The van der Waals surface area contributed by atoms with E-state index >= 15 is 0 Å². The summed E-state index contributed by atoms with van der Waals surface area (Å²) in [5, 5.41) is 4.11. The molecule has 1 aromatic carbocycles. The first-order valence-corrected chi connectivity index (χ1v) is 12.3. The highest BCUT2D eigenvalue weighted by atomic mass is 16.5. The fraction of sp³-hybridized carbons (Fsp3) is 0.357. The summed E-state index contributed by atoms with van der Waals surface area (Å²) in [7, 11) is 0. The fourth-order valence-electron chi connectivity index (χ4n) is 4.88. The third kappa shape index (κ3) is 5.04. The number of para-hydroxylation sites is 1. The van der Waals surface area contributed by atoms with Crippen molar-refractivity contribution < 1.29 is 9.53 Å². The Hall–Kier alpha value is -3.74. The molecule has 1 fully saturated rings. The molecule has 180 valence electrons. The lowest BCUT2D eigenvalue weighted by Crippen LogP contribution is -2.32. The highest BCUT2D eigenvalue weighted by Gasteiger charge is 2.21. The molecule has 0 radical (unpaired) electrons. The van der Waals surface area contributed by atoms with Crippen LogP contribution >= 0.6 is 0 Å². The first-order valence-electron chi connectivity index (χ1n) is 12.3. The number of ether oxygens (including phenoxy) is 1. The number of benzene rings is 1. The third-order valence-electron chi connectivity index (χ3n) is 6.85. The number of pyridine rings is 2. The number of hydrogen-bond donors (Lipinski definition) is 1. The Morgan fingerprint density at radius 2 is 2.00 bits per heavy atom. The van der Waals surface area contributed by atoms with Crippen molar-refractivity contribution in [3.8, 4) is 11.4 Å². The second-order valence-electron chi connectivity index (χ2n) is 9.30. The molecule has 1 aliphatic carbocycles. The van der Waals surface area contributed by atoms with Crippen molar-refractivity contribution in [3.05, 3.63) is 77.8 Å². The SMILES string of the molecule is Cc1cc(-n2ccnc2)c2cccc(OCc3c(C)ccnc3CNC(=O)C3CCCCC3)c2n1. The van der Waals surface area contributed by atoms with E-state index in [1.807, 2.05) is 48.0 Å². The second kappa shape index (κ2) is 10.3. The molecule has 0 aliphatic heterocycles. The van der Waals surface area contributed by atoms with Gasteiger partial charge in [0, 0.05) is 41.2 Å². The zero-order chi connectivity index (χ0) is 24.2. The number of aromatic nitrogens is 4. The molecule has 0 atom stereocenters. The molecular formula is C28H31N5O2. The minimum atomic E-state index is 0.128. The van der Waals surface area contributed by atoms with Crippen LogP contribution in [0.4, 0.5) is 0 Å². The highest BCUT2D eigenvalue weighted by molar-refractivity contribution is 5.91. The first kappa shape index (κ1) is 23.0. The number of aryl methyl sites for hydroxylation is 2. The number of imidazole rings is 1. The van der Waals surface area contributed by atoms with Crippen LogP contribution in [0.15, 0.2) is 55.2 Å². The summed E-state index contributed by atoms with van der Waals surface area (Å²) in [4.78, 5) is 26.2. The third-order valence-corrected chi connectivity index (χ3v) is 6.85. The molecule has 4 aromatic rings. The minimum Gasteiger partial charge on any atom is -0.487 e. The molecule has 7 nitrogen and oxygen atoms in total. The molecule has 0 unspecified atom stereocenters. The van der Waals surface area contributed by atoms with E-state index < -0.39 is 0 Å². The van der Waals surface area contributed by atoms with Crippen LogP contribution in [0.1, 0.15) is 54.6 Å². The lowest BCUT2D eigenvalue weighted by atomic mass is 9.88. The van der Waals surface area contributed by atoms with E-state index in [-0.39, 0.29) is 11.8 Å². The van der Waals surface area contributed by atoms with Crippen molar-refractivity contribution >= 4 is 16.8 Å². The molecule has 1 aliphatic rings. The van der Waals surface area contributed by atoms with Gasteiger partial charge in [-0.15, -0.1) is 0 Å². The van der Waals surface area contributed by atoms with Gasteiger partial charge in [-0.3, -0.25) is 9.78 Å². The van der Waals surface area contributed by atoms with Gasteiger partial charge < -0.3 is 14.6 Å². The van der Waals surface area contributed by atoms with E-state index in [1.54, 1.807) is 18.7 Å². The van der Waals surface area contributed by atoms with Crippen molar-refractivity contribution in [2.24, 2.45) is 5.92 Å². The standard InChI is InChI=1S/C28H31N5O2/c1-19-11-12-30-24(16-31-28(34)21-7-4-3-5-8-21)23(19)17-35-26-10-6-9-22-25(33-14-13-29-18-33)15-20(2)32-27(22)26/h6,9-15,18,21H,3-5,7-8,16-17H2,1-2H3,(H,31,34). The number of nitrogens with zero attached hydrogens (tertiary/aromatic N) is 4. The van der Waals surface area contributed by atoms with Crippen molar-refractivity contribution in [2.45, 2.75) is 59.1 Å². The van der Waals surface area contributed by atoms with Gasteiger partial charge in [-0.25, -0.2) is 9.97 Å². The van der Waals surface area contributed by atoms with E-state index in [0.29, 0.717) is 18.9 Å². The predicted molar refractivity (Wildman–Crippen MR) is 135 cm³/mol. The number of carbonyl (C=O) groups excluding carboxylic acids is 1. The van der Waals surface area contributed by atoms with Gasteiger partial charge in [-0.2, -0.15) is 0 Å². The number of hydrogen-bond acceptors (Lipinski definition) is 5. The number of carbonyl (C=O) groups is 1. The summed E-state index contributed by atoms with van der Waals surface area (Å²) in [6.07, 6.45) is 12.8. The molecule has 7 heteroatoms. The van der Waals surface area contributed by atoms with Crippen LogP contribution in [0, 0.1) is 19.8 Å². The molecule has 3 heterocycles. The fourth-order valence-corrected chi connectivity index (χ4v) is 4.88. The maximum atomic E-state index is 12.7. The Kier molecular flexibility index (Phi) is 6.75. The zero-order valence-corrected chi connectivity index (χ0v) is 20.3. The summed E-state index contributed by atoms with van der Waals surface area (Å²) < 4.78 is 8.32. The highest BCUT2D eigenvalue weighted by Crippen LogP contribution is 2.30. The molecule has 1 saturated carbocycles. The van der Waals surface area contributed by atoms with Crippen LogP contribution in [0.5, 0.6) is 5.75 Å². The van der Waals surface area contributed by atoms with Crippen LogP contribution in [-0.2, 0) is 17.9 Å². The minimum absolute atomic E-state index is 0.128. The summed E-state index contributed by atoms with van der Waals surface area (Å²) in [6, 6.07) is 10.0. The maximum Gasteiger partial charge on any atom is 0.223 e. The lowest BCUT2D eigenvalue weighted by Gasteiger charge is -2.21. The van der Waals surface area contributed by atoms with E-state index in [4.69, 9.17) is 9.72 Å².